The van der Waals surface area contributed by atoms with Crippen molar-refractivity contribution in [2.75, 3.05) is 0 Å². The van der Waals surface area contributed by atoms with E-state index in [0.29, 0.717) is 12.0 Å². The van der Waals surface area contributed by atoms with Gasteiger partial charge in [0.15, 0.2) is 6.71 Å². The van der Waals surface area contributed by atoms with Crippen molar-refractivity contribution in [2.45, 2.75) is 39.3 Å². The summed E-state index contributed by atoms with van der Waals surface area (Å²) in [5, 5.41) is 0.371. The summed E-state index contributed by atoms with van der Waals surface area (Å²) in [6, 6.07) is 10.8. The zero-order valence-corrected chi connectivity index (χ0v) is 9.17. The first-order valence-corrected chi connectivity index (χ1v) is 5.10. The maximum atomic E-state index is 2.31. The molecule has 0 aliphatic heterocycles. The average Bonchev–Trinajstić information content (AvgIpc) is 2.05. The molecule has 0 spiro atoms. The predicted octanol–water partition coefficient (Wildman–Crippen LogP) is 3.21. The molecule has 0 radical (unpaired) electrons. The Kier molecular flexibility index (Phi) is 3.19. The van der Waals surface area contributed by atoms with Crippen LogP contribution in [0.15, 0.2) is 30.3 Å². The summed E-state index contributed by atoms with van der Waals surface area (Å²) in [5.41, 5.74) is 1.47. The summed E-state index contributed by atoms with van der Waals surface area (Å²) in [6.45, 7) is 9.88. The predicted molar refractivity (Wildman–Crippen MR) is 62.0 cm³/mol. The molecule has 0 bridgehead atoms. The molecule has 13 heavy (non-hydrogen) atoms. The van der Waals surface area contributed by atoms with Crippen LogP contribution in [0.25, 0.3) is 0 Å². The molecule has 0 nitrogen and oxygen atoms in total. The van der Waals surface area contributed by atoms with Crippen LogP contribution in [0.5, 0.6) is 0 Å². The van der Waals surface area contributed by atoms with Crippen molar-refractivity contribution in [2.24, 2.45) is 0 Å². The van der Waals surface area contributed by atoms with Crippen LogP contribution in [0.3, 0.4) is 0 Å². The lowest BCUT2D eigenvalue weighted by Crippen LogP contribution is -2.37. The fraction of sp³-hybridized carbons (Fsp3) is 0.500. The van der Waals surface area contributed by atoms with Gasteiger partial charge in [-0.3, -0.25) is 0 Å². The van der Waals surface area contributed by atoms with Gasteiger partial charge in [-0.05, 0) is 0 Å². The van der Waals surface area contributed by atoms with E-state index in [-0.39, 0.29) is 0 Å². The van der Waals surface area contributed by atoms with E-state index in [1.165, 1.54) is 11.8 Å². The summed E-state index contributed by atoms with van der Waals surface area (Å²) >= 11 is 0. The van der Waals surface area contributed by atoms with Gasteiger partial charge in [0.1, 0.15) is 0 Å². The lowest BCUT2D eigenvalue weighted by atomic mass is 9.30. The van der Waals surface area contributed by atoms with E-state index in [1.807, 2.05) is 0 Å². The molecule has 0 saturated carbocycles. The van der Waals surface area contributed by atoms with E-state index >= 15 is 0 Å². The van der Waals surface area contributed by atoms with Crippen molar-refractivity contribution in [1.29, 1.82) is 0 Å². The van der Waals surface area contributed by atoms with E-state index in [9.17, 15) is 0 Å². The third kappa shape index (κ3) is 2.62. The van der Waals surface area contributed by atoms with Crippen molar-refractivity contribution in [3.05, 3.63) is 30.3 Å². The molecule has 0 heterocycles. The second kappa shape index (κ2) is 4.00. The van der Waals surface area contributed by atoms with Crippen LogP contribution in [0.1, 0.15) is 27.7 Å². The zero-order valence-electron chi connectivity index (χ0n) is 9.17. The number of hydrogen-bond acceptors (Lipinski definition) is 0. The Balaban J connectivity index is 2.92. The van der Waals surface area contributed by atoms with Crippen LogP contribution in [0.4, 0.5) is 0 Å². The van der Waals surface area contributed by atoms with Crippen molar-refractivity contribution < 1.29 is 0 Å². The molecule has 0 unspecified atom stereocenters. The van der Waals surface area contributed by atoms with Crippen LogP contribution in [-0.2, 0) is 0 Å². The molecule has 0 aliphatic rings. The quantitative estimate of drug-likeness (QED) is 0.604. The van der Waals surface area contributed by atoms with Gasteiger partial charge in [-0.2, -0.15) is 0 Å². The summed E-state index contributed by atoms with van der Waals surface area (Å²) in [7, 11) is 0. The molecule has 0 aromatic heterocycles. The molecule has 1 aromatic carbocycles. The summed E-state index contributed by atoms with van der Waals surface area (Å²) in [4.78, 5) is 0. The molecule has 0 aliphatic carbocycles. The van der Waals surface area contributed by atoms with E-state index in [2.05, 4.69) is 58.0 Å². The van der Waals surface area contributed by atoms with Crippen molar-refractivity contribution in [3.63, 3.8) is 0 Å². The van der Waals surface area contributed by atoms with Gasteiger partial charge < -0.3 is 0 Å². The van der Waals surface area contributed by atoms with Crippen LogP contribution < -0.4 is 5.46 Å². The normalized spacial score (nSPS) is 11.4. The van der Waals surface area contributed by atoms with Gasteiger partial charge in [0.25, 0.3) is 0 Å². The van der Waals surface area contributed by atoms with E-state index < -0.39 is 0 Å². The summed E-state index contributed by atoms with van der Waals surface area (Å²) in [6.07, 6.45) is 1.22. The molecule has 0 N–H and O–H groups in total. The smallest absolute Gasteiger partial charge is 0.0795 e. The van der Waals surface area contributed by atoms with Gasteiger partial charge in [0.2, 0.25) is 0 Å². The second-order valence-corrected chi connectivity index (χ2v) is 4.74. The third-order valence-corrected chi connectivity index (χ3v) is 2.66. The first kappa shape index (κ1) is 10.4. The highest BCUT2D eigenvalue weighted by molar-refractivity contribution is 6.75. The van der Waals surface area contributed by atoms with Gasteiger partial charge in [-0.1, -0.05) is 75.1 Å². The Labute approximate surface area is 82.4 Å². The maximum Gasteiger partial charge on any atom is 0.181 e. The Morgan fingerprint density at radius 1 is 1.08 bits per heavy atom. The van der Waals surface area contributed by atoms with E-state index in [1.54, 1.807) is 0 Å². The molecule has 0 saturated heterocycles. The minimum Gasteiger partial charge on any atom is -0.0795 e. The average molecular weight is 174 g/mol. The van der Waals surface area contributed by atoms with Crippen molar-refractivity contribution in [1.82, 2.24) is 0 Å². The van der Waals surface area contributed by atoms with Gasteiger partial charge in [-0.25, -0.2) is 0 Å². The maximum absolute atomic E-state index is 2.31. The molecule has 0 amide bonds. The number of benzene rings is 1. The van der Waals surface area contributed by atoms with Crippen molar-refractivity contribution >= 4 is 12.2 Å². The number of hydrogen-bond donors (Lipinski definition) is 0. The summed E-state index contributed by atoms with van der Waals surface area (Å²) in [5.74, 6) is 0. The lowest BCUT2D eigenvalue weighted by molar-refractivity contribution is 0.740. The fourth-order valence-electron chi connectivity index (χ4n) is 2.03. The summed E-state index contributed by atoms with van der Waals surface area (Å²) < 4.78 is 0. The molecule has 1 rings (SSSR count). The monoisotopic (exact) mass is 174 g/mol. The van der Waals surface area contributed by atoms with Crippen molar-refractivity contribution in [3.8, 4) is 0 Å². The third-order valence-electron chi connectivity index (χ3n) is 2.66. The Morgan fingerprint density at radius 2 is 1.62 bits per heavy atom. The van der Waals surface area contributed by atoms with Crippen LogP contribution >= 0.6 is 0 Å². The minimum absolute atomic E-state index is 0.371. The van der Waals surface area contributed by atoms with Crippen LogP contribution in [-0.4, -0.2) is 6.71 Å². The zero-order chi connectivity index (χ0) is 9.90. The van der Waals surface area contributed by atoms with Gasteiger partial charge in [0.05, 0.1) is 0 Å². The second-order valence-electron chi connectivity index (χ2n) is 4.74. The molecule has 1 heteroatoms. The van der Waals surface area contributed by atoms with E-state index in [0.717, 1.165) is 0 Å². The molecule has 0 fully saturated rings. The highest BCUT2D eigenvalue weighted by Crippen LogP contribution is 2.28. The Hall–Kier alpha value is -0.715. The van der Waals surface area contributed by atoms with Gasteiger partial charge in [0, 0.05) is 0 Å². The van der Waals surface area contributed by atoms with Crippen LogP contribution in [0, 0.1) is 0 Å². The minimum atomic E-state index is 0.371. The van der Waals surface area contributed by atoms with Crippen LogP contribution in [0.2, 0.25) is 11.6 Å². The highest BCUT2D eigenvalue weighted by Gasteiger charge is 2.27. The molecule has 70 valence electrons. The molecular formula is C12H19B. The Morgan fingerprint density at radius 3 is 2.00 bits per heavy atom. The highest BCUT2D eigenvalue weighted by atomic mass is 14.1. The number of rotatable bonds is 2. The largest absolute Gasteiger partial charge is 0.181 e. The SMILES string of the molecule is CCB(c1ccccc1)C(C)(C)C. The topological polar surface area (TPSA) is 0 Å². The lowest BCUT2D eigenvalue weighted by Gasteiger charge is -2.27. The molecule has 0 atom stereocenters. The Bertz CT molecular complexity index is 246. The molecular weight excluding hydrogens is 155 g/mol. The molecule has 1 aromatic rings. The first-order chi connectivity index (χ1) is 6.05. The standard InChI is InChI=1S/C12H19B/c1-5-13(12(2,3)4)11-9-7-6-8-10-11/h6-10H,5H2,1-4H3. The van der Waals surface area contributed by atoms with Gasteiger partial charge >= 0.3 is 0 Å². The van der Waals surface area contributed by atoms with Gasteiger partial charge in [-0.15, -0.1) is 0 Å². The van der Waals surface area contributed by atoms with E-state index in [4.69, 9.17) is 0 Å². The first-order valence-electron chi connectivity index (χ1n) is 5.10. The fourth-order valence-corrected chi connectivity index (χ4v) is 2.03.